The predicted octanol–water partition coefficient (Wildman–Crippen LogP) is 4.21. The van der Waals surface area contributed by atoms with Gasteiger partial charge in [0, 0.05) is 0 Å². The van der Waals surface area contributed by atoms with Crippen LogP contribution in [0.15, 0.2) is 38.0 Å². The number of hydrogen-bond acceptors (Lipinski definition) is 0. The summed E-state index contributed by atoms with van der Waals surface area (Å²) in [6.45, 7) is 14.6. The first-order valence-corrected chi connectivity index (χ1v) is 5.50. The third-order valence-electron chi connectivity index (χ3n) is 3.54. The Kier molecular flexibility index (Phi) is 3.80. The minimum Gasteiger partial charge on any atom is -0.104 e. The van der Waals surface area contributed by atoms with Crippen LogP contribution < -0.4 is 0 Å². The highest BCUT2D eigenvalue weighted by atomic mass is 14.5. The Balaban J connectivity index is 2.50. The van der Waals surface area contributed by atoms with Crippen molar-refractivity contribution in [3.05, 3.63) is 38.0 Å². The molecule has 0 aromatic carbocycles. The summed E-state index contributed by atoms with van der Waals surface area (Å²) in [5, 5.41) is 0. The molecule has 1 saturated carbocycles. The molecule has 0 unspecified atom stereocenters. The van der Waals surface area contributed by atoms with Crippen LogP contribution in [0.5, 0.6) is 0 Å². The summed E-state index contributed by atoms with van der Waals surface area (Å²) in [6.07, 6.45) is 10.9. The second-order valence-corrected chi connectivity index (χ2v) is 4.77. The van der Waals surface area contributed by atoms with Gasteiger partial charge in [-0.25, -0.2) is 0 Å². The third kappa shape index (κ3) is 2.40. The molecule has 0 heterocycles. The summed E-state index contributed by atoms with van der Waals surface area (Å²) in [4.78, 5) is 0. The predicted molar refractivity (Wildman–Crippen MR) is 67.1 cm³/mol. The summed E-state index contributed by atoms with van der Waals surface area (Å²) in [6, 6.07) is 0. The van der Waals surface area contributed by atoms with E-state index in [0.29, 0.717) is 5.41 Å². The molecule has 0 radical (unpaired) electrons. The van der Waals surface area contributed by atoms with Gasteiger partial charge in [0.25, 0.3) is 0 Å². The van der Waals surface area contributed by atoms with Crippen molar-refractivity contribution in [1.29, 1.82) is 0 Å². The maximum Gasteiger partial charge on any atom is 0.151 e. The van der Waals surface area contributed by atoms with E-state index in [2.05, 4.69) is 32.7 Å². The monoisotopic (exact) mass is 188 g/mol. The van der Waals surface area contributed by atoms with Crippen LogP contribution in [0.4, 0.5) is 0 Å². The van der Waals surface area contributed by atoms with Gasteiger partial charge < -0.3 is 0 Å². The molecule has 14 heavy (non-hydrogen) atoms. The van der Waals surface area contributed by atoms with Gasteiger partial charge in [0.05, 0.1) is 0 Å². The Hall–Kier alpha value is -0.715. The summed E-state index contributed by atoms with van der Waals surface area (Å²) in [5.74, 6) is 0.858. The first-order valence-electron chi connectivity index (χ1n) is 5.50. The van der Waals surface area contributed by atoms with Gasteiger partial charge in [-0.05, 0) is 11.8 Å². The third-order valence-corrected chi connectivity index (χ3v) is 3.54. The lowest BCUT2D eigenvalue weighted by atomic mass is 9.40. The van der Waals surface area contributed by atoms with Crippen LogP contribution >= 0.6 is 0 Å². The van der Waals surface area contributed by atoms with Crippen LogP contribution in [0.1, 0.15) is 19.8 Å². The van der Waals surface area contributed by atoms with E-state index < -0.39 is 0 Å². The highest BCUT2D eigenvalue weighted by Crippen LogP contribution is 2.62. The Bertz CT molecular complexity index is 221. The Morgan fingerprint density at radius 3 is 2.21 bits per heavy atom. The van der Waals surface area contributed by atoms with E-state index in [9.17, 15) is 0 Å². The van der Waals surface area contributed by atoms with E-state index in [0.717, 1.165) is 31.6 Å². The molecule has 0 nitrogen and oxygen atoms in total. The summed E-state index contributed by atoms with van der Waals surface area (Å²) < 4.78 is 0. The lowest BCUT2D eigenvalue weighted by Crippen LogP contribution is -2.13. The van der Waals surface area contributed by atoms with Gasteiger partial charge in [-0.15, -0.1) is 19.7 Å². The highest BCUT2D eigenvalue weighted by Gasteiger charge is 2.52. The Morgan fingerprint density at radius 1 is 1.21 bits per heavy atom. The van der Waals surface area contributed by atoms with E-state index in [-0.39, 0.29) is 0 Å². The van der Waals surface area contributed by atoms with Crippen molar-refractivity contribution >= 4 is 6.71 Å². The van der Waals surface area contributed by atoms with Gasteiger partial charge in [-0.2, -0.15) is 0 Å². The topological polar surface area (TPSA) is 0 Å². The minimum absolute atomic E-state index is 0.526. The maximum atomic E-state index is 3.83. The second kappa shape index (κ2) is 4.68. The van der Waals surface area contributed by atoms with Gasteiger partial charge in [-0.3, -0.25) is 0 Å². The molecule has 0 aromatic heterocycles. The molecule has 0 aliphatic heterocycles. The molecule has 1 rings (SSSR count). The van der Waals surface area contributed by atoms with Crippen molar-refractivity contribution in [2.45, 2.75) is 38.2 Å². The SMILES string of the molecule is C=CCB(CC=C)[C@H]1C[C@@]1(C)CC=C. The largest absolute Gasteiger partial charge is 0.151 e. The molecule has 0 spiro atoms. The zero-order chi connectivity index (χ0) is 10.6. The van der Waals surface area contributed by atoms with Crippen molar-refractivity contribution in [3.63, 3.8) is 0 Å². The van der Waals surface area contributed by atoms with E-state index in [1.165, 1.54) is 6.42 Å². The van der Waals surface area contributed by atoms with Crippen molar-refractivity contribution in [1.82, 2.24) is 0 Å². The normalized spacial score (nSPS) is 29.4. The van der Waals surface area contributed by atoms with Gasteiger partial charge in [-0.1, -0.05) is 50.0 Å². The summed E-state index contributed by atoms with van der Waals surface area (Å²) in [7, 11) is 0. The minimum atomic E-state index is 0.526. The average molecular weight is 188 g/mol. The fraction of sp³-hybridized carbons (Fsp3) is 0.538. The molecule has 1 fully saturated rings. The van der Waals surface area contributed by atoms with Gasteiger partial charge in [0.1, 0.15) is 0 Å². The number of hydrogen-bond donors (Lipinski definition) is 0. The van der Waals surface area contributed by atoms with Crippen molar-refractivity contribution in [2.24, 2.45) is 5.41 Å². The van der Waals surface area contributed by atoms with Crippen molar-refractivity contribution < 1.29 is 0 Å². The van der Waals surface area contributed by atoms with Crippen molar-refractivity contribution in [2.75, 3.05) is 0 Å². The molecule has 1 aliphatic carbocycles. The standard InChI is InChI=1S/C13H21B/c1-5-8-13(4)11-12(13)14(9-6-2)10-7-3/h5-7,12H,1-3,8-11H2,4H3/t12-,13+/m0/s1. The first kappa shape index (κ1) is 11.4. The van der Waals surface area contributed by atoms with E-state index >= 15 is 0 Å². The fourth-order valence-electron chi connectivity index (χ4n) is 2.60. The lowest BCUT2D eigenvalue weighted by Gasteiger charge is -2.13. The molecular formula is C13H21B. The van der Waals surface area contributed by atoms with Crippen molar-refractivity contribution in [3.8, 4) is 0 Å². The first-order chi connectivity index (χ1) is 6.68. The van der Waals surface area contributed by atoms with Gasteiger partial charge in [0.15, 0.2) is 6.71 Å². The molecule has 0 saturated heterocycles. The van der Waals surface area contributed by atoms with Crippen LogP contribution in [0, 0.1) is 5.41 Å². The van der Waals surface area contributed by atoms with Gasteiger partial charge in [0.2, 0.25) is 0 Å². The van der Waals surface area contributed by atoms with E-state index in [4.69, 9.17) is 0 Å². The maximum absolute atomic E-state index is 3.83. The molecule has 1 heteroatoms. The molecule has 0 bridgehead atoms. The molecule has 0 N–H and O–H groups in total. The van der Waals surface area contributed by atoms with E-state index in [1.54, 1.807) is 0 Å². The number of allylic oxidation sites excluding steroid dienone is 3. The molecule has 2 atom stereocenters. The zero-order valence-electron chi connectivity index (χ0n) is 9.34. The smallest absolute Gasteiger partial charge is 0.104 e. The molecular weight excluding hydrogens is 167 g/mol. The molecule has 1 aliphatic rings. The highest BCUT2D eigenvalue weighted by molar-refractivity contribution is 6.62. The van der Waals surface area contributed by atoms with Crippen LogP contribution in [0.3, 0.4) is 0 Å². The summed E-state index contributed by atoms with van der Waals surface area (Å²) in [5.41, 5.74) is 0.526. The fourth-order valence-corrected chi connectivity index (χ4v) is 2.60. The second-order valence-electron chi connectivity index (χ2n) is 4.77. The van der Waals surface area contributed by atoms with Crippen LogP contribution in [-0.4, -0.2) is 6.71 Å². The van der Waals surface area contributed by atoms with Crippen LogP contribution in [0.25, 0.3) is 0 Å². The summed E-state index contributed by atoms with van der Waals surface area (Å²) >= 11 is 0. The van der Waals surface area contributed by atoms with Gasteiger partial charge >= 0.3 is 0 Å². The number of rotatable bonds is 7. The quantitative estimate of drug-likeness (QED) is 0.414. The lowest BCUT2D eigenvalue weighted by molar-refractivity contribution is 0.582. The van der Waals surface area contributed by atoms with E-state index in [1.807, 2.05) is 12.2 Å². The average Bonchev–Trinajstić information content (AvgIpc) is 2.78. The molecule has 0 amide bonds. The Labute approximate surface area is 88.9 Å². The van der Waals surface area contributed by atoms with Crippen LogP contribution in [-0.2, 0) is 0 Å². The zero-order valence-corrected chi connectivity index (χ0v) is 9.34. The molecule has 76 valence electrons. The molecule has 0 aromatic rings. The Morgan fingerprint density at radius 2 is 1.79 bits per heavy atom. The van der Waals surface area contributed by atoms with Crippen LogP contribution in [0.2, 0.25) is 18.5 Å².